The van der Waals surface area contributed by atoms with E-state index in [4.69, 9.17) is 10.8 Å². The topological polar surface area (TPSA) is 112 Å². The molecule has 7 nitrogen and oxygen atoms in total. The Morgan fingerprint density at radius 1 is 1.00 bits per heavy atom. The zero-order valence-electron chi connectivity index (χ0n) is 16.6. The van der Waals surface area contributed by atoms with Gasteiger partial charge >= 0.3 is 6.09 Å². The number of benzene rings is 2. The molecule has 2 aromatic carbocycles. The fourth-order valence-corrected chi connectivity index (χ4v) is 3.20. The second-order valence-corrected chi connectivity index (χ2v) is 7.13. The lowest BCUT2D eigenvalue weighted by Crippen LogP contribution is -2.50. The lowest BCUT2D eigenvalue weighted by molar-refractivity contribution is 0.0594. The van der Waals surface area contributed by atoms with Crippen LogP contribution in [0.4, 0.5) is 4.79 Å². The molecule has 0 aliphatic rings. The highest BCUT2D eigenvalue weighted by atomic mass is 16.4. The summed E-state index contributed by atoms with van der Waals surface area (Å²) in [5, 5.41) is 21.1. The molecule has 0 bridgehead atoms. The molecule has 0 saturated carbocycles. The molecule has 1 heterocycles. The van der Waals surface area contributed by atoms with Crippen molar-refractivity contribution in [3.05, 3.63) is 90.1 Å². The minimum Gasteiger partial charge on any atom is -0.464 e. The van der Waals surface area contributed by atoms with Gasteiger partial charge in [0.15, 0.2) is 0 Å². The predicted octanol–water partition coefficient (Wildman–Crippen LogP) is 2.66. The number of aliphatic hydroxyl groups excluding tert-OH is 1. The first-order chi connectivity index (χ1) is 14.5. The summed E-state index contributed by atoms with van der Waals surface area (Å²) >= 11 is 0. The van der Waals surface area contributed by atoms with Crippen LogP contribution in [0.2, 0.25) is 0 Å². The number of nitrogens with zero attached hydrogens (tertiary/aromatic N) is 2. The summed E-state index contributed by atoms with van der Waals surface area (Å²) < 4.78 is 0. The van der Waals surface area contributed by atoms with E-state index in [1.54, 1.807) is 6.20 Å². The molecule has 0 radical (unpaired) electrons. The van der Waals surface area contributed by atoms with Crippen molar-refractivity contribution < 1.29 is 15.0 Å². The van der Waals surface area contributed by atoms with Gasteiger partial charge in [-0.3, -0.25) is 10.4 Å². The monoisotopic (exact) mass is 406 g/mol. The first-order valence-electron chi connectivity index (χ1n) is 9.73. The third-order valence-corrected chi connectivity index (χ3v) is 4.76. The van der Waals surface area contributed by atoms with Crippen molar-refractivity contribution in [1.82, 2.24) is 15.4 Å². The molecular formula is C23H26N4O3. The maximum atomic E-state index is 11.2. The number of carboxylic acid groups (broad SMARTS) is 1. The Kier molecular flexibility index (Phi) is 7.51. The molecule has 30 heavy (non-hydrogen) atoms. The number of aromatic nitrogens is 1. The smallest absolute Gasteiger partial charge is 0.419 e. The minimum absolute atomic E-state index is 0.0717. The molecule has 1 aromatic heterocycles. The first-order valence-corrected chi connectivity index (χ1v) is 9.73. The molecule has 0 fully saturated rings. The Bertz CT molecular complexity index is 920. The van der Waals surface area contributed by atoms with Gasteiger partial charge in [-0.1, -0.05) is 60.7 Å². The van der Waals surface area contributed by atoms with Crippen LogP contribution >= 0.6 is 0 Å². The van der Waals surface area contributed by atoms with E-state index in [1.165, 1.54) is 5.01 Å². The van der Waals surface area contributed by atoms with Gasteiger partial charge in [0.25, 0.3) is 0 Å². The van der Waals surface area contributed by atoms with Crippen LogP contribution in [-0.4, -0.2) is 45.0 Å². The van der Waals surface area contributed by atoms with Crippen molar-refractivity contribution in [3.8, 4) is 11.3 Å². The zero-order chi connectivity index (χ0) is 21.3. The molecule has 0 spiro atoms. The normalized spacial score (nSPS) is 13.0. The van der Waals surface area contributed by atoms with Gasteiger partial charge in [0, 0.05) is 30.9 Å². The van der Waals surface area contributed by atoms with Crippen LogP contribution in [0.15, 0.2) is 79.0 Å². The number of nitrogens with one attached hydrogen (secondary N) is 1. The molecular weight excluding hydrogens is 380 g/mol. The van der Waals surface area contributed by atoms with Crippen molar-refractivity contribution >= 4 is 6.09 Å². The molecule has 3 aromatic rings. The van der Waals surface area contributed by atoms with Gasteiger partial charge in [0.2, 0.25) is 0 Å². The van der Waals surface area contributed by atoms with E-state index in [0.29, 0.717) is 13.0 Å². The molecule has 156 valence electrons. The Morgan fingerprint density at radius 3 is 2.33 bits per heavy atom. The minimum atomic E-state index is -1.19. The first kappa shape index (κ1) is 21.4. The molecule has 2 unspecified atom stereocenters. The van der Waals surface area contributed by atoms with E-state index in [1.807, 2.05) is 72.8 Å². The van der Waals surface area contributed by atoms with Crippen molar-refractivity contribution in [3.63, 3.8) is 0 Å². The Labute approximate surface area is 175 Å². The average Bonchev–Trinajstić information content (AvgIpc) is 2.75. The Hall–Kier alpha value is -3.26. The van der Waals surface area contributed by atoms with Crippen molar-refractivity contribution in [2.45, 2.75) is 25.1 Å². The summed E-state index contributed by atoms with van der Waals surface area (Å²) in [6, 6.07) is 22.6. The summed E-state index contributed by atoms with van der Waals surface area (Å²) in [6.45, 7) is 0.367. The van der Waals surface area contributed by atoms with E-state index in [2.05, 4.69) is 10.4 Å². The molecule has 5 N–H and O–H groups in total. The summed E-state index contributed by atoms with van der Waals surface area (Å²) in [5.41, 5.74) is 12.3. The van der Waals surface area contributed by atoms with Crippen LogP contribution in [0.1, 0.15) is 11.1 Å². The van der Waals surface area contributed by atoms with Crippen LogP contribution in [0.3, 0.4) is 0 Å². The highest BCUT2D eigenvalue weighted by Crippen LogP contribution is 2.17. The number of amides is 1. The third kappa shape index (κ3) is 6.38. The summed E-state index contributed by atoms with van der Waals surface area (Å²) in [5.74, 6) is 0. The number of hydrogen-bond donors (Lipinski definition) is 4. The number of pyridine rings is 1. The second kappa shape index (κ2) is 10.5. The van der Waals surface area contributed by atoms with Crippen molar-refractivity contribution in [2.24, 2.45) is 5.73 Å². The number of hydrazine groups is 1. The van der Waals surface area contributed by atoms with Crippen molar-refractivity contribution in [2.75, 3.05) is 6.54 Å². The number of carbonyl (C=O) groups is 1. The van der Waals surface area contributed by atoms with Gasteiger partial charge in [-0.05, 0) is 29.7 Å². The van der Waals surface area contributed by atoms with E-state index < -0.39 is 18.2 Å². The van der Waals surface area contributed by atoms with Gasteiger partial charge in [-0.2, -0.15) is 0 Å². The lowest BCUT2D eigenvalue weighted by Gasteiger charge is -2.27. The number of hydrogen-bond acceptors (Lipinski definition) is 5. The SMILES string of the molecule is NC(Cc1ccccc1)C(O)CN(Cc1ccc(-c2ccccn2)cc1)NC(=O)O. The highest BCUT2D eigenvalue weighted by molar-refractivity contribution is 5.63. The van der Waals surface area contributed by atoms with Crippen LogP contribution in [0, 0.1) is 0 Å². The van der Waals surface area contributed by atoms with E-state index >= 15 is 0 Å². The van der Waals surface area contributed by atoms with Crippen LogP contribution in [-0.2, 0) is 13.0 Å². The van der Waals surface area contributed by atoms with E-state index in [0.717, 1.165) is 22.4 Å². The van der Waals surface area contributed by atoms with Gasteiger partial charge < -0.3 is 15.9 Å². The quantitative estimate of drug-likeness (QED) is 0.407. The number of aliphatic hydroxyl groups is 1. The van der Waals surface area contributed by atoms with Gasteiger partial charge in [0.1, 0.15) is 0 Å². The Morgan fingerprint density at radius 2 is 1.70 bits per heavy atom. The highest BCUT2D eigenvalue weighted by Gasteiger charge is 2.20. The maximum absolute atomic E-state index is 11.2. The van der Waals surface area contributed by atoms with E-state index in [9.17, 15) is 9.90 Å². The maximum Gasteiger partial charge on any atom is 0.419 e. The molecule has 0 aliphatic heterocycles. The van der Waals surface area contributed by atoms with Crippen molar-refractivity contribution in [1.29, 1.82) is 0 Å². The van der Waals surface area contributed by atoms with Gasteiger partial charge in [0.05, 0.1) is 11.8 Å². The standard InChI is InChI=1S/C23H26N4O3/c24-20(14-17-6-2-1-3-7-17)22(28)16-27(26-23(29)30)15-18-9-11-19(12-10-18)21-8-4-5-13-25-21/h1-13,20,22,26,28H,14-16,24H2,(H,29,30). The summed E-state index contributed by atoms with van der Waals surface area (Å²) in [4.78, 5) is 15.5. The third-order valence-electron chi connectivity index (χ3n) is 4.76. The van der Waals surface area contributed by atoms with Crippen LogP contribution in [0.5, 0.6) is 0 Å². The molecule has 0 saturated heterocycles. The molecule has 3 rings (SSSR count). The predicted molar refractivity (Wildman–Crippen MR) is 115 cm³/mol. The van der Waals surface area contributed by atoms with Gasteiger partial charge in [-0.25, -0.2) is 9.80 Å². The number of rotatable bonds is 9. The summed E-state index contributed by atoms with van der Waals surface area (Å²) in [6.07, 6.45) is 0.151. The Balaban J connectivity index is 1.63. The molecule has 2 atom stereocenters. The molecule has 0 aliphatic carbocycles. The zero-order valence-corrected chi connectivity index (χ0v) is 16.6. The fraction of sp³-hybridized carbons (Fsp3) is 0.217. The van der Waals surface area contributed by atoms with Gasteiger partial charge in [-0.15, -0.1) is 0 Å². The van der Waals surface area contributed by atoms with Crippen LogP contribution < -0.4 is 11.2 Å². The van der Waals surface area contributed by atoms with Crippen LogP contribution in [0.25, 0.3) is 11.3 Å². The number of nitrogens with two attached hydrogens (primary N) is 1. The second-order valence-electron chi connectivity index (χ2n) is 7.13. The lowest BCUT2D eigenvalue weighted by atomic mass is 10.0. The van der Waals surface area contributed by atoms with E-state index in [-0.39, 0.29) is 6.54 Å². The molecule has 7 heteroatoms. The summed E-state index contributed by atoms with van der Waals surface area (Å²) in [7, 11) is 0. The fourth-order valence-electron chi connectivity index (χ4n) is 3.20. The average molecular weight is 406 g/mol. The molecule has 1 amide bonds. The largest absolute Gasteiger partial charge is 0.464 e.